The Hall–Kier alpha value is -0.550. The number of carbonyl (C=O) groups is 1. The Morgan fingerprint density at radius 3 is 2.81 bits per heavy atom. The smallest absolute Gasteiger partial charge is 0.315 e. The molecule has 0 spiro atoms. The first-order valence-corrected chi connectivity index (χ1v) is 6.53. The predicted molar refractivity (Wildman–Crippen MR) is 66.2 cm³/mol. The van der Waals surface area contributed by atoms with Crippen LogP contribution in [0.15, 0.2) is 21.5 Å². The molecule has 0 aliphatic carbocycles. The number of carbonyl (C=O) groups excluding carboxylic acids is 1. The number of benzene rings is 1. The molecule has 0 heterocycles. The Bertz CT molecular complexity index is 396. The van der Waals surface area contributed by atoms with Crippen LogP contribution in [-0.4, -0.2) is 18.8 Å². The van der Waals surface area contributed by atoms with Gasteiger partial charge in [0, 0.05) is 14.9 Å². The Labute approximate surface area is 107 Å². The molecular weight excluding hydrogens is 295 g/mol. The number of hydrogen-bond acceptors (Lipinski definition) is 3. The van der Waals surface area contributed by atoms with Crippen LogP contribution < -0.4 is 0 Å². The fraction of sp³-hybridized carbons (Fsp3) is 0.364. The van der Waals surface area contributed by atoms with Crippen molar-refractivity contribution in [2.24, 2.45) is 0 Å². The van der Waals surface area contributed by atoms with Crippen molar-refractivity contribution in [2.75, 3.05) is 12.9 Å². The van der Waals surface area contributed by atoms with Crippen LogP contribution in [0.25, 0.3) is 0 Å². The van der Waals surface area contributed by atoms with Gasteiger partial charge in [0.05, 0.1) is 12.9 Å². The number of halogens is 2. The van der Waals surface area contributed by atoms with E-state index in [0.29, 0.717) is 16.5 Å². The summed E-state index contributed by atoms with van der Waals surface area (Å²) in [6, 6.07) is 3.25. The minimum Gasteiger partial charge on any atom is -0.468 e. The van der Waals surface area contributed by atoms with Crippen LogP contribution in [0, 0.1) is 5.82 Å². The van der Waals surface area contributed by atoms with Crippen LogP contribution in [0.4, 0.5) is 4.39 Å². The highest BCUT2D eigenvalue weighted by Gasteiger charge is 2.11. The maximum Gasteiger partial charge on any atom is 0.315 e. The van der Waals surface area contributed by atoms with Gasteiger partial charge in [-0.15, -0.1) is 11.8 Å². The summed E-state index contributed by atoms with van der Waals surface area (Å²) < 4.78 is 18.8. The highest BCUT2D eigenvalue weighted by molar-refractivity contribution is 9.10. The molecule has 0 N–H and O–H groups in total. The van der Waals surface area contributed by atoms with Gasteiger partial charge in [-0.1, -0.05) is 22.9 Å². The number of ether oxygens (including phenoxy) is 1. The predicted octanol–water partition coefficient (Wildman–Crippen LogP) is 3.42. The molecule has 0 aliphatic rings. The quantitative estimate of drug-likeness (QED) is 0.630. The fourth-order valence-corrected chi connectivity index (χ4v) is 2.85. The molecular formula is C11H12BrFO2S. The van der Waals surface area contributed by atoms with Gasteiger partial charge in [0.15, 0.2) is 0 Å². The van der Waals surface area contributed by atoms with Crippen molar-refractivity contribution < 1.29 is 13.9 Å². The molecule has 0 saturated heterocycles. The molecule has 2 nitrogen and oxygen atoms in total. The summed E-state index contributed by atoms with van der Waals surface area (Å²) in [4.78, 5) is 11.8. The molecule has 0 radical (unpaired) electrons. The summed E-state index contributed by atoms with van der Waals surface area (Å²) >= 11 is 4.52. The van der Waals surface area contributed by atoms with E-state index in [-0.39, 0.29) is 17.5 Å². The van der Waals surface area contributed by atoms with E-state index in [0.717, 1.165) is 4.90 Å². The molecule has 1 aromatic rings. The van der Waals surface area contributed by atoms with E-state index in [4.69, 9.17) is 0 Å². The fourth-order valence-electron chi connectivity index (χ4n) is 1.25. The number of thioether (sulfide) groups is 1. The van der Waals surface area contributed by atoms with Gasteiger partial charge in [-0.2, -0.15) is 0 Å². The SMILES string of the molecule is CCc1c(F)cc(Br)cc1SCC(=O)OC. The highest BCUT2D eigenvalue weighted by Crippen LogP contribution is 2.29. The van der Waals surface area contributed by atoms with Gasteiger partial charge in [-0.05, 0) is 18.6 Å². The first-order chi connectivity index (χ1) is 7.58. The molecule has 0 atom stereocenters. The first kappa shape index (κ1) is 13.5. The van der Waals surface area contributed by atoms with Gasteiger partial charge >= 0.3 is 5.97 Å². The van der Waals surface area contributed by atoms with Crippen molar-refractivity contribution >= 4 is 33.7 Å². The lowest BCUT2D eigenvalue weighted by Gasteiger charge is -2.08. The highest BCUT2D eigenvalue weighted by atomic mass is 79.9. The lowest BCUT2D eigenvalue weighted by atomic mass is 10.1. The van der Waals surface area contributed by atoms with Crippen LogP contribution in [0.1, 0.15) is 12.5 Å². The van der Waals surface area contributed by atoms with Crippen molar-refractivity contribution in [3.05, 3.63) is 28.0 Å². The second-order valence-electron chi connectivity index (χ2n) is 3.08. The summed E-state index contributed by atoms with van der Waals surface area (Å²) in [5, 5.41) is 0. The number of methoxy groups -OCH3 is 1. The third kappa shape index (κ3) is 3.49. The summed E-state index contributed by atoms with van der Waals surface area (Å²) in [7, 11) is 1.34. The lowest BCUT2D eigenvalue weighted by Crippen LogP contribution is -2.04. The Morgan fingerprint density at radius 1 is 1.56 bits per heavy atom. The van der Waals surface area contributed by atoms with Crippen molar-refractivity contribution in [2.45, 2.75) is 18.2 Å². The molecule has 88 valence electrons. The molecule has 0 saturated carbocycles. The zero-order valence-corrected chi connectivity index (χ0v) is 11.5. The van der Waals surface area contributed by atoms with Crippen molar-refractivity contribution in [1.82, 2.24) is 0 Å². The van der Waals surface area contributed by atoms with E-state index in [1.807, 2.05) is 13.0 Å². The largest absolute Gasteiger partial charge is 0.468 e. The molecule has 16 heavy (non-hydrogen) atoms. The van der Waals surface area contributed by atoms with E-state index in [9.17, 15) is 9.18 Å². The average Bonchev–Trinajstić information content (AvgIpc) is 2.25. The lowest BCUT2D eigenvalue weighted by molar-refractivity contribution is -0.137. The minimum atomic E-state index is -0.313. The number of esters is 1. The molecule has 1 rings (SSSR count). The number of rotatable bonds is 4. The average molecular weight is 307 g/mol. The molecule has 0 bridgehead atoms. The second-order valence-corrected chi connectivity index (χ2v) is 5.02. The van der Waals surface area contributed by atoms with Gasteiger partial charge in [0.25, 0.3) is 0 Å². The van der Waals surface area contributed by atoms with Crippen LogP contribution in [0.3, 0.4) is 0 Å². The molecule has 0 aromatic heterocycles. The van der Waals surface area contributed by atoms with Gasteiger partial charge in [-0.3, -0.25) is 4.79 Å². The molecule has 0 aliphatic heterocycles. The van der Waals surface area contributed by atoms with Crippen LogP contribution in [-0.2, 0) is 16.0 Å². The van der Waals surface area contributed by atoms with Crippen LogP contribution in [0.5, 0.6) is 0 Å². The third-order valence-corrected chi connectivity index (χ3v) is 3.56. The maximum atomic E-state index is 13.6. The van der Waals surface area contributed by atoms with Crippen molar-refractivity contribution in [1.29, 1.82) is 0 Å². The maximum absolute atomic E-state index is 13.6. The van der Waals surface area contributed by atoms with Gasteiger partial charge in [0.2, 0.25) is 0 Å². The van der Waals surface area contributed by atoms with E-state index in [1.165, 1.54) is 24.9 Å². The van der Waals surface area contributed by atoms with E-state index >= 15 is 0 Å². The number of hydrogen-bond donors (Lipinski definition) is 0. The van der Waals surface area contributed by atoms with Crippen molar-refractivity contribution in [3.63, 3.8) is 0 Å². The Morgan fingerprint density at radius 2 is 2.25 bits per heavy atom. The normalized spacial score (nSPS) is 10.2. The molecule has 0 unspecified atom stereocenters. The topological polar surface area (TPSA) is 26.3 Å². The summed E-state index contributed by atoms with van der Waals surface area (Å²) in [5.74, 6) is -0.365. The van der Waals surface area contributed by atoms with Gasteiger partial charge in [0.1, 0.15) is 5.82 Å². The molecule has 1 aromatic carbocycles. The molecule has 0 amide bonds. The first-order valence-electron chi connectivity index (χ1n) is 4.76. The molecule has 0 fully saturated rings. The summed E-state index contributed by atoms with van der Waals surface area (Å²) in [6.07, 6.45) is 0.600. The van der Waals surface area contributed by atoms with Crippen LogP contribution >= 0.6 is 27.7 Å². The van der Waals surface area contributed by atoms with Gasteiger partial charge < -0.3 is 4.74 Å². The van der Waals surface area contributed by atoms with Gasteiger partial charge in [-0.25, -0.2) is 4.39 Å². The van der Waals surface area contributed by atoms with Crippen molar-refractivity contribution in [3.8, 4) is 0 Å². The standard InChI is InChI=1S/C11H12BrFO2S/c1-3-8-9(13)4-7(12)5-10(8)16-6-11(14)15-2/h4-5H,3,6H2,1-2H3. The Kier molecular flexibility index (Phi) is 5.28. The third-order valence-electron chi connectivity index (χ3n) is 2.05. The zero-order chi connectivity index (χ0) is 12.1. The Balaban J connectivity index is 2.89. The summed E-state index contributed by atoms with van der Waals surface area (Å²) in [5.41, 5.74) is 0.636. The summed E-state index contributed by atoms with van der Waals surface area (Å²) in [6.45, 7) is 1.88. The van der Waals surface area contributed by atoms with Crippen LogP contribution in [0.2, 0.25) is 0 Å². The van der Waals surface area contributed by atoms with E-state index < -0.39 is 0 Å². The van der Waals surface area contributed by atoms with E-state index in [1.54, 1.807) is 0 Å². The zero-order valence-electron chi connectivity index (χ0n) is 9.05. The minimum absolute atomic E-state index is 0.194. The molecule has 5 heteroatoms. The van der Waals surface area contributed by atoms with E-state index in [2.05, 4.69) is 20.7 Å². The second kappa shape index (κ2) is 6.25. The monoisotopic (exact) mass is 306 g/mol.